The third-order valence-electron chi connectivity index (χ3n) is 2.25. The van der Waals surface area contributed by atoms with Gasteiger partial charge in [-0.05, 0) is 11.5 Å². The van der Waals surface area contributed by atoms with Crippen molar-refractivity contribution in [3.05, 3.63) is 42.5 Å². The third-order valence-corrected chi connectivity index (χ3v) is 2.25. The van der Waals surface area contributed by atoms with E-state index >= 15 is 0 Å². The summed E-state index contributed by atoms with van der Waals surface area (Å²) < 4.78 is 0. The topological polar surface area (TPSA) is 3.24 Å². The molecule has 0 heterocycles. The molecule has 0 radical (unpaired) electrons. The molecule has 0 aliphatic rings. The van der Waals surface area contributed by atoms with E-state index in [4.69, 9.17) is 0 Å². The van der Waals surface area contributed by atoms with E-state index in [1.165, 1.54) is 16.5 Å². The Morgan fingerprint density at radius 2 is 1.57 bits per heavy atom. The number of hydrogen-bond donors (Lipinski definition) is 0. The molecule has 0 spiro atoms. The summed E-state index contributed by atoms with van der Waals surface area (Å²) in [6, 6.07) is 14.8. The van der Waals surface area contributed by atoms with Crippen molar-refractivity contribution in [2.24, 2.45) is 0 Å². The van der Waals surface area contributed by atoms with Crippen LogP contribution in [0.5, 0.6) is 0 Å². The number of benzene rings is 2. The van der Waals surface area contributed by atoms with E-state index in [0.717, 1.165) is 0 Å². The van der Waals surface area contributed by atoms with E-state index in [1.807, 2.05) is 0 Å². The standard InChI is InChI=1S/C12H13N.Li.H/c1-13(2)12-9-5-7-10-6-3-4-8-11(10)12;;/h3-9H,1-2H3;;/q;+1;-1. The molecular formula is C12H14LiN. The van der Waals surface area contributed by atoms with Crippen LogP contribution in [0, 0.1) is 0 Å². The van der Waals surface area contributed by atoms with E-state index in [1.54, 1.807) is 0 Å². The number of nitrogens with zero attached hydrogens (tertiary/aromatic N) is 1. The van der Waals surface area contributed by atoms with Crippen LogP contribution in [0.2, 0.25) is 0 Å². The molecule has 68 valence electrons. The maximum atomic E-state index is 2.16. The van der Waals surface area contributed by atoms with Gasteiger partial charge < -0.3 is 6.33 Å². The first-order valence-electron chi connectivity index (χ1n) is 4.44. The molecule has 0 saturated heterocycles. The first-order valence-corrected chi connectivity index (χ1v) is 4.44. The van der Waals surface area contributed by atoms with Gasteiger partial charge >= 0.3 is 18.9 Å². The summed E-state index contributed by atoms with van der Waals surface area (Å²) in [4.78, 5) is 2.14. The molecule has 2 rings (SSSR count). The average Bonchev–Trinajstić information content (AvgIpc) is 2.17. The number of hydrogen-bond acceptors (Lipinski definition) is 1. The van der Waals surface area contributed by atoms with Gasteiger partial charge in [0.2, 0.25) is 0 Å². The molecule has 2 heteroatoms. The van der Waals surface area contributed by atoms with Crippen LogP contribution >= 0.6 is 0 Å². The maximum absolute atomic E-state index is 2.16. The van der Waals surface area contributed by atoms with Crippen molar-refractivity contribution < 1.29 is 20.3 Å². The molecule has 2 aromatic rings. The fraction of sp³-hybridized carbons (Fsp3) is 0.167. The van der Waals surface area contributed by atoms with Crippen molar-refractivity contribution >= 4 is 16.5 Å². The Labute approximate surface area is 98.4 Å². The monoisotopic (exact) mass is 179 g/mol. The van der Waals surface area contributed by atoms with Crippen LogP contribution < -0.4 is 23.8 Å². The molecule has 0 unspecified atom stereocenters. The zero-order valence-electron chi connectivity index (χ0n) is 9.99. The first-order chi connectivity index (χ1) is 6.29. The van der Waals surface area contributed by atoms with Gasteiger partial charge in [0.1, 0.15) is 0 Å². The van der Waals surface area contributed by atoms with Crippen LogP contribution in [0.1, 0.15) is 1.43 Å². The molecule has 0 fully saturated rings. The molecule has 2 aromatic carbocycles. The molecule has 0 amide bonds. The zero-order chi connectivity index (χ0) is 9.26. The van der Waals surface area contributed by atoms with Crippen molar-refractivity contribution in [3.8, 4) is 0 Å². The van der Waals surface area contributed by atoms with Gasteiger partial charge in [-0.25, -0.2) is 0 Å². The van der Waals surface area contributed by atoms with Crippen molar-refractivity contribution in [1.29, 1.82) is 0 Å². The van der Waals surface area contributed by atoms with Gasteiger partial charge in [-0.1, -0.05) is 36.4 Å². The fourth-order valence-electron chi connectivity index (χ4n) is 1.60. The summed E-state index contributed by atoms with van der Waals surface area (Å²) >= 11 is 0. The Morgan fingerprint density at radius 1 is 0.929 bits per heavy atom. The predicted molar refractivity (Wildman–Crippen MR) is 59.4 cm³/mol. The van der Waals surface area contributed by atoms with Gasteiger partial charge in [0.25, 0.3) is 0 Å². The summed E-state index contributed by atoms with van der Waals surface area (Å²) in [6.07, 6.45) is 0. The number of anilines is 1. The van der Waals surface area contributed by atoms with Crippen LogP contribution in [0.15, 0.2) is 42.5 Å². The summed E-state index contributed by atoms with van der Waals surface area (Å²) in [5.41, 5.74) is 1.28. The minimum atomic E-state index is 0. The van der Waals surface area contributed by atoms with Gasteiger partial charge in [0, 0.05) is 25.2 Å². The second-order valence-corrected chi connectivity index (χ2v) is 3.39. The van der Waals surface area contributed by atoms with Crippen LogP contribution in [-0.4, -0.2) is 14.1 Å². The molecule has 0 aliphatic heterocycles. The Bertz CT molecular complexity index is 423. The van der Waals surface area contributed by atoms with Gasteiger partial charge in [-0.15, -0.1) is 0 Å². The molecular weight excluding hydrogens is 165 g/mol. The Balaban J connectivity index is 0.000000980. The first kappa shape index (κ1) is 11.2. The maximum Gasteiger partial charge on any atom is 1.00 e. The Kier molecular flexibility index (Phi) is 3.63. The summed E-state index contributed by atoms with van der Waals surface area (Å²) in [5, 5.41) is 2.61. The van der Waals surface area contributed by atoms with Crippen LogP contribution in [0.3, 0.4) is 0 Å². The number of fused-ring (bicyclic) bond motifs is 1. The van der Waals surface area contributed by atoms with E-state index in [-0.39, 0.29) is 20.3 Å². The Hall–Kier alpha value is -0.903. The van der Waals surface area contributed by atoms with Crippen molar-refractivity contribution in [3.63, 3.8) is 0 Å². The van der Waals surface area contributed by atoms with E-state index in [0.29, 0.717) is 0 Å². The molecule has 0 bridgehead atoms. The molecule has 0 saturated carbocycles. The van der Waals surface area contributed by atoms with Gasteiger partial charge in [0.15, 0.2) is 0 Å². The van der Waals surface area contributed by atoms with Gasteiger partial charge in [-0.2, -0.15) is 0 Å². The van der Waals surface area contributed by atoms with Crippen molar-refractivity contribution in [1.82, 2.24) is 0 Å². The minimum Gasteiger partial charge on any atom is -1.00 e. The molecule has 0 aliphatic carbocycles. The van der Waals surface area contributed by atoms with Crippen molar-refractivity contribution in [2.45, 2.75) is 0 Å². The summed E-state index contributed by atoms with van der Waals surface area (Å²) in [5.74, 6) is 0. The smallest absolute Gasteiger partial charge is 1.00 e. The number of rotatable bonds is 1. The largest absolute Gasteiger partial charge is 1.00 e. The van der Waals surface area contributed by atoms with Crippen LogP contribution in [-0.2, 0) is 0 Å². The van der Waals surface area contributed by atoms with E-state index in [9.17, 15) is 0 Å². The van der Waals surface area contributed by atoms with Crippen molar-refractivity contribution in [2.75, 3.05) is 19.0 Å². The SMILES string of the molecule is CN(C)c1cccc2ccccc12.[H-].[Li+]. The van der Waals surface area contributed by atoms with Crippen LogP contribution in [0.4, 0.5) is 5.69 Å². The fourth-order valence-corrected chi connectivity index (χ4v) is 1.60. The van der Waals surface area contributed by atoms with Gasteiger partial charge in [0.05, 0.1) is 0 Å². The normalized spacial score (nSPS) is 9.57. The minimum absolute atomic E-state index is 0. The summed E-state index contributed by atoms with van der Waals surface area (Å²) in [7, 11) is 4.14. The molecule has 0 atom stereocenters. The van der Waals surface area contributed by atoms with E-state index in [2.05, 4.69) is 61.5 Å². The predicted octanol–water partition coefficient (Wildman–Crippen LogP) is 0.0223. The van der Waals surface area contributed by atoms with Crippen LogP contribution in [0.25, 0.3) is 10.8 Å². The average molecular weight is 179 g/mol. The Morgan fingerprint density at radius 3 is 2.29 bits per heavy atom. The quantitative estimate of drug-likeness (QED) is 0.558. The molecule has 0 N–H and O–H groups in total. The molecule has 1 nitrogen and oxygen atoms in total. The van der Waals surface area contributed by atoms with E-state index < -0.39 is 0 Å². The molecule has 14 heavy (non-hydrogen) atoms. The zero-order valence-corrected chi connectivity index (χ0v) is 8.99. The second kappa shape index (κ2) is 4.55. The molecule has 0 aromatic heterocycles. The van der Waals surface area contributed by atoms with Gasteiger partial charge in [-0.3, -0.25) is 0 Å². The summed E-state index contributed by atoms with van der Waals surface area (Å²) in [6.45, 7) is 0. The second-order valence-electron chi connectivity index (χ2n) is 3.39. The third kappa shape index (κ3) is 1.95.